The third-order valence-electron chi connectivity index (χ3n) is 4.26. The first kappa shape index (κ1) is 18.9. The number of rotatable bonds is 6. The van der Waals surface area contributed by atoms with Crippen molar-refractivity contribution in [2.24, 2.45) is 5.92 Å². The molecule has 2 aromatic rings. The Labute approximate surface area is 162 Å². The second-order valence-electron chi connectivity index (χ2n) is 6.30. The van der Waals surface area contributed by atoms with Gasteiger partial charge in [0.2, 0.25) is 5.91 Å². The van der Waals surface area contributed by atoms with Crippen LogP contribution < -0.4 is 5.32 Å². The number of carbonyl (C=O) groups excluding carboxylic acids is 3. The Hall–Kier alpha value is -2.86. The average molecular weight is 387 g/mol. The van der Waals surface area contributed by atoms with E-state index in [2.05, 4.69) is 5.32 Å². The van der Waals surface area contributed by atoms with Gasteiger partial charge in [-0.15, -0.1) is 0 Å². The van der Waals surface area contributed by atoms with E-state index in [1.54, 1.807) is 29.2 Å². The Morgan fingerprint density at radius 3 is 2.56 bits per heavy atom. The number of hydrogen-bond acceptors (Lipinski definition) is 4. The molecule has 1 unspecified atom stereocenters. The zero-order chi connectivity index (χ0) is 19.2. The number of ether oxygens (including phenoxy) is 1. The molecular weight excluding hydrogens is 368 g/mol. The first-order valence-corrected chi connectivity index (χ1v) is 8.93. The molecule has 1 heterocycles. The van der Waals surface area contributed by atoms with Gasteiger partial charge in [0, 0.05) is 19.5 Å². The van der Waals surface area contributed by atoms with E-state index in [9.17, 15) is 14.4 Å². The van der Waals surface area contributed by atoms with Crippen LogP contribution in [-0.2, 0) is 25.7 Å². The molecule has 27 heavy (non-hydrogen) atoms. The normalized spacial score (nSPS) is 16.3. The van der Waals surface area contributed by atoms with Crippen LogP contribution in [0.4, 0.5) is 5.69 Å². The van der Waals surface area contributed by atoms with Crippen LogP contribution in [0.5, 0.6) is 0 Å². The van der Waals surface area contributed by atoms with Crippen molar-refractivity contribution in [3.05, 3.63) is 65.2 Å². The van der Waals surface area contributed by atoms with Crippen molar-refractivity contribution < 1.29 is 19.1 Å². The molecule has 1 fully saturated rings. The Morgan fingerprint density at radius 2 is 1.81 bits per heavy atom. The highest BCUT2D eigenvalue weighted by Gasteiger charge is 2.35. The van der Waals surface area contributed by atoms with E-state index in [4.69, 9.17) is 16.3 Å². The molecule has 0 aliphatic carbocycles. The number of amides is 2. The number of carbonyl (C=O) groups is 3. The fourth-order valence-electron chi connectivity index (χ4n) is 2.89. The van der Waals surface area contributed by atoms with Crippen LogP contribution in [-0.4, -0.2) is 35.8 Å². The lowest BCUT2D eigenvalue weighted by Crippen LogP contribution is -2.28. The zero-order valence-corrected chi connectivity index (χ0v) is 15.3. The van der Waals surface area contributed by atoms with Gasteiger partial charge in [0.15, 0.2) is 6.61 Å². The van der Waals surface area contributed by atoms with E-state index in [1.165, 1.54) is 0 Å². The first-order chi connectivity index (χ1) is 13.0. The van der Waals surface area contributed by atoms with E-state index >= 15 is 0 Å². The first-order valence-electron chi connectivity index (χ1n) is 8.55. The second-order valence-corrected chi connectivity index (χ2v) is 6.70. The highest BCUT2D eigenvalue weighted by atomic mass is 35.5. The molecule has 140 valence electrons. The summed E-state index contributed by atoms with van der Waals surface area (Å²) >= 11 is 5.97. The number of benzene rings is 2. The second kappa shape index (κ2) is 8.68. The molecule has 6 nitrogen and oxygen atoms in total. The largest absolute Gasteiger partial charge is 0.455 e. The van der Waals surface area contributed by atoms with Crippen molar-refractivity contribution in [1.82, 2.24) is 4.90 Å². The van der Waals surface area contributed by atoms with Gasteiger partial charge in [-0.3, -0.25) is 14.4 Å². The highest BCUT2D eigenvalue weighted by Crippen LogP contribution is 2.22. The molecule has 0 bridgehead atoms. The number of hydrogen-bond donors (Lipinski definition) is 1. The van der Waals surface area contributed by atoms with Gasteiger partial charge in [0.1, 0.15) is 0 Å². The third-order valence-corrected chi connectivity index (χ3v) is 4.59. The number of nitrogens with one attached hydrogen (secondary N) is 1. The van der Waals surface area contributed by atoms with Crippen molar-refractivity contribution in [2.75, 3.05) is 18.5 Å². The van der Waals surface area contributed by atoms with Crippen molar-refractivity contribution in [2.45, 2.75) is 13.0 Å². The molecular formula is C20H19ClN2O4. The standard InChI is InChI=1S/C20H19ClN2O4/c21-16-8-4-5-9-17(16)22-18(24)13-27-20(26)15-10-19(25)23(12-15)11-14-6-2-1-3-7-14/h1-9,15H,10-13H2,(H,22,24). The molecule has 3 rings (SSSR count). The van der Waals surface area contributed by atoms with Crippen LogP contribution in [0.3, 0.4) is 0 Å². The Bertz CT molecular complexity index is 841. The molecule has 0 saturated carbocycles. The summed E-state index contributed by atoms with van der Waals surface area (Å²) in [6.07, 6.45) is 0.0950. The van der Waals surface area contributed by atoms with Crippen LogP contribution in [0.15, 0.2) is 54.6 Å². The lowest BCUT2D eigenvalue weighted by Gasteiger charge is -2.16. The predicted molar refractivity (Wildman–Crippen MR) is 101 cm³/mol. The Kier molecular flexibility index (Phi) is 6.08. The van der Waals surface area contributed by atoms with Crippen molar-refractivity contribution in [3.8, 4) is 0 Å². The monoisotopic (exact) mass is 386 g/mol. The van der Waals surface area contributed by atoms with Gasteiger partial charge in [-0.1, -0.05) is 54.1 Å². The van der Waals surface area contributed by atoms with Crippen LogP contribution in [0.25, 0.3) is 0 Å². The van der Waals surface area contributed by atoms with Crippen molar-refractivity contribution in [3.63, 3.8) is 0 Å². The summed E-state index contributed by atoms with van der Waals surface area (Å²) in [5.41, 5.74) is 1.45. The van der Waals surface area contributed by atoms with Gasteiger partial charge in [-0.25, -0.2) is 0 Å². The number of likely N-dealkylation sites (tertiary alicyclic amines) is 1. The maximum Gasteiger partial charge on any atom is 0.311 e. The minimum atomic E-state index is -0.561. The lowest BCUT2D eigenvalue weighted by molar-refractivity contribution is -0.151. The van der Waals surface area contributed by atoms with Gasteiger partial charge >= 0.3 is 5.97 Å². The lowest BCUT2D eigenvalue weighted by atomic mass is 10.1. The summed E-state index contributed by atoms with van der Waals surface area (Å²) < 4.78 is 5.07. The number of nitrogens with zero attached hydrogens (tertiary/aromatic N) is 1. The fraction of sp³-hybridized carbons (Fsp3) is 0.250. The smallest absolute Gasteiger partial charge is 0.311 e. The molecule has 7 heteroatoms. The minimum Gasteiger partial charge on any atom is -0.455 e. The van der Waals surface area contributed by atoms with Gasteiger partial charge in [0.25, 0.3) is 5.91 Å². The average Bonchev–Trinajstić information content (AvgIpc) is 3.03. The zero-order valence-electron chi connectivity index (χ0n) is 14.6. The Morgan fingerprint density at radius 1 is 1.11 bits per heavy atom. The van der Waals surface area contributed by atoms with Crippen LogP contribution >= 0.6 is 11.6 Å². The molecule has 1 N–H and O–H groups in total. The maximum atomic E-state index is 12.2. The summed E-state index contributed by atoms with van der Waals surface area (Å²) in [6.45, 7) is 0.322. The fourth-order valence-corrected chi connectivity index (χ4v) is 3.07. The van der Waals surface area contributed by atoms with Crippen LogP contribution in [0, 0.1) is 5.92 Å². The quantitative estimate of drug-likeness (QED) is 0.774. The molecule has 2 aromatic carbocycles. The number of halogens is 1. The predicted octanol–water partition coefficient (Wildman–Crippen LogP) is 2.87. The molecule has 1 atom stereocenters. The van der Waals surface area contributed by atoms with Crippen molar-refractivity contribution >= 4 is 35.1 Å². The van der Waals surface area contributed by atoms with Crippen LogP contribution in [0.1, 0.15) is 12.0 Å². The summed E-state index contributed by atoms with van der Waals surface area (Å²) in [5, 5.41) is 2.98. The van der Waals surface area contributed by atoms with E-state index in [-0.39, 0.29) is 12.3 Å². The summed E-state index contributed by atoms with van der Waals surface area (Å²) in [5.74, 6) is -1.69. The topological polar surface area (TPSA) is 75.7 Å². The molecule has 0 spiro atoms. The third kappa shape index (κ3) is 5.08. The highest BCUT2D eigenvalue weighted by molar-refractivity contribution is 6.33. The summed E-state index contributed by atoms with van der Waals surface area (Å²) in [4.78, 5) is 37.9. The van der Waals surface area contributed by atoms with Gasteiger partial charge < -0.3 is 15.0 Å². The number of anilines is 1. The van der Waals surface area contributed by atoms with Crippen molar-refractivity contribution in [1.29, 1.82) is 0 Å². The van der Waals surface area contributed by atoms with Gasteiger partial charge in [-0.2, -0.15) is 0 Å². The van der Waals surface area contributed by atoms with Gasteiger partial charge in [0.05, 0.1) is 16.6 Å². The minimum absolute atomic E-state index is 0.0950. The van der Waals surface area contributed by atoms with E-state index in [0.717, 1.165) is 5.56 Å². The van der Waals surface area contributed by atoms with E-state index in [1.807, 2.05) is 30.3 Å². The molecule has 0 radical (unpaired) electrons. The molecule has 1 aliphatic rings. The molecule has 0 aromatic heterocycles. The van der Waals surface area contributed by atoms with Crippen LogP contribution in [0.2, 0.25) is 5.02 Å². The van der Waals surface area contributed by atoms with E-state index < -0.39 is 24.4 Å². The summed E-state index contributed by atoms with van der Waals surface area (Å²) in [6, 6.07) is 16.3. The van der Waals surface area contributed by atoms with Gasteiger partial charge in [-0.05, 0) is 17.7 Å². The number of esters is 1. The maximum absolute atomic E-state index is 12.2. The molecule has 1 aliphatic heterocycles. The molecule has 2 amide bonds. The SMILES string of the molecule is O=C(COC(=O)C1CC(=O)N(Cc2ccccc2)C1)Nc1ccccc1Cl. The summed E-state index contributed by atoms with van der Waals surface area (Å²) in [7, 11) is 0. The Balaban J connectivity index is 1.48. The number of para-hydroxylation sites is 1. The molecule has 1 saturated heterocycles. The van der Waals surface area contributed by atoms with E-state index in [0.29, 0.717) is 23.8 Å².